The monoisotopic (exact) mass is 472 g/mol. The van der Waals surface area contributed by atoms with Gasteiger partial charge in [-0.15, -0.1) is 0 Å². The number of rotatable bonds is 10. The van der Waals surface area contributed by atoms with Crippen LogP contribution in [0.5, 0.6) is 0 Å². The Kier molecular flexibility index (Phi) is 10.5. The molecule has 0 atom stereocenters. The molecule has 0 aromatic rings. The normalized spacial score (nSPS) is 14.4. The van der Waals surface area contributed by atoms with Crippen molar-refractivity contribution in [1.82, 2.24) is 0 Å². The SMILES string of the molecule is FC(F)(F)COP(CP(OCC(F)(F)F)OCC(F)(F)F)OCC(F)(F)F. The highest BCUT2D eigenvalue weighted by Crippen LogP contribution is 2.55. The van der Waals surface area contributed by atoms with Crippen LogP contribution in [-0.4, -0.2) is 57.0 Å². The molecule has 164 valence electrons. The second-order valence-electron chi connectivity index (χ2n) is 4.36. The summed E-state index contributed by atoms with van der Waals surface area (Å²) in [6.45, 7) is -8.56. The minimum absolute atomic E-state index is 1.30. The molecule has 0 N–H and O–H groups in total. The van der Waals surface area contributed by atoms with Crippen LogP contribution >= 0.6 is 16.8 Å². The molecule has 0 aliphatic carbocycles. The summed E-state index contributed by atoms with van der Waals surface area (Å²) in [4.78, 5) is 0. The summed E-state index contributed by atoms with van der Waals surface area (Å²) in [5, 5.41) is 0. The largest absolute Gasteiger partial charge is 0.412 e. The van der Waals surface area contributed by atoms with E-state index in [0.717, 1.165) is 0 Å². The molecule has 0 fully saturated rings. The summed E-state index contributed by atoms with van der Waals surface area (Å²) in [6, 6.07) is 0. The van der Waals surface area contributed by atoms with Crippen LogP contribution in [0, 0.1) is 0 Å². The Balaban J connectivity index is 5.03. The molecule has 0 spiro atoms. The van der Waals surface area contributed by atoms with Gasteiger partial charge in [-0.05, 0) is 0 Å². The standard InChI is InChI=1S/C9H10F12O4P2/c10-6(11,12)1-22-26(23-2-7(13,14)15)5-27(24-3-8(16,17)18)25-4-9(19,20)21/h1-5H2. The first kappa shape index (κ1) is 26.9. The van der Waals surface area contributed by atoms with Crippen molar-refractivity contribution in [2.75, 3.05) is 32.3 Å². The Morgan fingerprint density at radius 3 is 0.741 bits per heavy atom. The number of hydrogen-bond donors (Lipinski definition) is 0. The molecule has 0 heterocycles. The predicted molar refractivity (Wildman–Crippen MR) is 66.7 cm³/mol. The maximum atomic E-state index is 12.1. The first-order valence-electron chi connectivity index (χ1n) is 6.20. The number of hydrogen-bond acceptors (Lipinski definition) is 4. The fourth-order valence-electron chi connectivity index (χ4n) is 0.913. The molecular weight excluding hydrogens is 462 g/mol. The van der Waals surface area contributed by atoms with Crippen LogP contribution in [0.25, 0.3) is 0 Å². The van der Waals surface area contributed by atoms with E-state index in [4.69, 9.17) is 0 Å². The van der Waals surface area contributed by atoms with Gasteiger partial charge < -0.3 is 18.1 Å². The summed E-state index contributed by atoms with van der Waals surface area (Å²) in [6.07, 6.45) is -20.1. The Labute approximate surface area is 145 Å². The van der Waals surface area contributed by atoms with E-state index in [1.807, 2.05) is 0 Å². The molecule has 0 aromatic heterocycles. The first-order valence-corrected chi connectivity index (χ1v) is 8.92. The zero-order valence-electron chi connectivity index (χ0n) is 12.6. The van der Waals surface area contributed by atoms with Gasteiger partial charge >= 0.3 is 24.7 Å². The Hall–Kier alpha value is -0.140. The lowest BCUT2D eigenvalue weighted by molar-refractivity contribution is -0.162. The van der Waals surface area contributed by atoms with Crippen LogP contribution in [0.4, 0.5) is 52.7 Å². The van der Waals surface area contributed by atoms with Crippen molar-refractivity contribution in [3.05, 3.63) is 0 Å². The van der Waals surface area contributed by atoms with Crippen LogP contribution in [0.15, 0.2) is 0 Å². The molecule has 0 aliphatic rings. The Morgan fingerprint density at radius 2 is 0.593 bits per heavy atom. The summed E-state index contributed by atoms with van der Waals surface area (Å²) < 4.78 is 161. The molecule has 0 rings (SSSR count). The molecule has 0 amide bonds. The minimum atomic E-state index is -5.04. The van der Waals surface area contributed by atoms with E-state index in [2.05, 4.69) is 18.1 Å². The highest BCUT2D eigenvalue weighted by Gasteiger charge is 2.38. The number of halogens is 12. The number of alkyl halides is 12. The Morgan fingerprint density at radius 1 is 0.407 bits per heavy atom. The lowest BCUT2D eigenvalue weighted by atomic mass is 10.7. The smallest absolute Gasteiger partial charge is 0.324 e. The van der Waals surface area contributed by atoms with E-state index >= 15 is 0 Å². The Bertz CT molecular complexity index is 347. The molecule has 0 aromatic carbocycles. The maximum absolute atomic E-state index is 12.1. The van der Waals surface area contributed by atoms with E-state index in [1.54, 1.807) is 0 Å². The summed E-state index contributed by atoms with van der Waals surface area (Å²) in [5.41, 5.74) is 0. The van der Waals surface area contributed by atoms with E-state index in [1.165, 1.54) is 0 Å². The fraction of sp³-hybridized carbons (Fsp3) is 1.00. The van der Waals surface area contributed by atoms with E-state index in [0.29, 0.717) is 0 Å². The lowest BCUT2D eigenvalue weighted by Gasteiger charge is -2.24. The van der Waals surface area contributed by atoms with Gasteiger partial charge in [-0.3, -0.25) is 0 Å². The average molecular weight is 472 g/mol. The second-order valence-corrected chi connectivity index (χ2v) is 7.86. The van der Waals surface area contributed by atoms with E-state index in [-0.39, 0.29) is 0 Å². The summed E-state index contributed by atoms with van der Waals surface area (Å²) >= 11 is 0. The lowest BCUT2D eigenvalue weighted by Crippen LogP contribution is -2.21. The maximum Gasteiger partial charge on any atom is 0.412 e. The van der Waals surface area contributed by atoms with Gasteiger partial charge in [0.05, 0.1) is 5.90 Å². The third-order valence-electron chi connectivity index (χ3n) is 1.72. The average Bonchev–Trinajstić information content (AvgIpc) is 2.40. The van der Waals surface area contributed by atoms with E-state index in [9.17, 15) is 52.7 Å². The molecular formula is C9H10F12O4P2. The van der Waals surface area contributed by atoms with Crippen LogP contribution < -0.4 is 0 Å². The van der Waals surface area contributed by atoms with Crippen LogP contribution in [-0.2, 0) is 18.1 Å². The molecule has 0 bridgehead atoms. The quantitative estimate of drug-likeness (QED) is 0.294. The van der Waals surface area contributed by atoms with Gasteiger partial charge in [0.15, 0.2) is 16.8 Å². The van der Waals surface area contributed by atoms with Crippen LogP contribution in [0.2, 0.25) is 0 Å². The van der Waals surface area contributed by atoms with Gasteiger partial charge in [-0.2, -0.15) is 52.7 Å². The second kappa shape index (κ2) is 10.6. The van der Waals surface area contributed by atoms with Gasteiger partial charge in [-0.1, -0.05) is 0 Å². The highest BCUT2D eigenvalue weighted by atomic mass is 31.2. The van der Waals surface area contributed by atoms with Crippen molar-refractivity contribution in [2.45, 2.75) is 24.7 Å². The van der Waals surface area contributed by atoms with Gasteiger partial charge in [0, 0.05) is 0 Å². The summed E-state index contributed by atoms with van der Waals surface area (Å²) in [5.74, 6) is -1.30. The molecule has 27 heavy (non-hydrogen) atoms. The van der Waals surface area contributed by atoms with Crippen molar-refractivity contribution in [1.29, 1.82) is 0 Å². The van der Waals surface area contributed by atoms with Crippen LogP contribution in [0.1, 0.15) is 0 Å². The topological polar surface area (TPSA) is 36.9 Å². The van der Waals surface area contributed by atoms with E-state index < -0.39 is 73.8 Å². The van der Waals surface area contributed by atoms with Crippen LogP contribution in [0.3, 0.4) is 0 Å². The molecule has 0 unspecified atom stereocenters. The van der Waals surface area contributed by atoms with Crippen molar-refractivity contribution in [3.63, 3.8) is 0 Å². The van der Waals surface area contributed by atoms with Gasteiger partial charge in [0.25, 0.3) is 0 Å². The molecule has 0 saturated heterocycles. The van der Waals surface area contributed by atoms with Crippen molar-refractivity contribution in [2.24, 2.45) is 0 Å². The molecule has 0 radical (unpaired) electrons. The zero-order chi connectivity index (χ0) is 21.5. The van der Waals surface area contributed by atoms with Gasteiger partial charge in [0.1, 0.15) is 26.4 Å². The van der Waals surface area contributed by atoms with Crippen molar-refractivity contribution < 1.29 is 70.8 Å². The third-order valence-corrected chi connectivity index (χ3v) is 5.24. The molecule has 4 nitrogen and oxygen atoms in total. The fourth-order valence-corrected chi connectivity index (χ4v) is 4.28. The summed E-state index contributed by atoms with van der Waals surface area (Å²) in [7, 11) is -6.44. The zero-order valence-corrected chi connectivity index (χ0v) is 14.4. The molecule has 18 heteroatoms. The van der Waals surface area contributed by atoms with Gasteiger partial charge in [0.2, 0.25) is 0 Å². The third kappa shape index (κ3) is 19.0. The van der Waals surface area contributed by atoms with Crippen molar-refractivity contribution >= 4 is 16.8 Å². The first-order chi connectivity index (χ1) is 11.9. The van der Waals surface area contributed by atoms with Crippen molar-refractivity contribution in [3.8, 4) is 0 Å². The molecule has 0 aliphatic heterocycles. The van der Waals surface area contributed by atoms with Gasteiger partial charge in [-0.25, -0.2) is 0 Å². The minimum Gasteiger partial charge on any atom is -0.324 e. The molecule has 0 saturated carbocycles. The highest BCUT2D eigenvalue weighted by molar-refractivity contribution is 7.65. The predicted octanol–water partition coefficient (Wildman–Crippen LogP) is 5.88.